The van der Waals surface area contributed by atoms with Gasteiger partial charge in [0.2, 0.25) is 0 Å². The van der Waals surface area contributed by atoms with Gasteiger partial charge in [-0.1, -0.05) is 60.8 Å². The topological polar surface area (TPSA) is 37.3 Å². The zero-order valence-electron chi connectivity index (χ0n) is 17.8. The summed E-state index contributed by atoms with van der Waals surface area (Å²) in [6.45, 7) is 4.62. The fraction of sp³-hybridized carbons (Fsp3) is 0.577. The quantitative estimate of drug-likeness (QED) is 0.378. The lowest BCUT2D eigenvalue weighted by Crippen LogP contribution is -2.50. The molecule has 1 aromatic rings. The van der Waals surface area contributed by atoms with E-state index in [4.69, 9.17) is 23.2 Å². The number of aliphatic hydroxyl groups excluding tert-OH is 1. The number of Topliss-reactive ketones (excluding diaryl/α,β-unsaturated/α-hetero) is 1. The van der Waals surface area contributed by atoms with E-state index in [1.54, 1.807) is 6.07 Å². The Morgan fingerprint density at radius 2 is 1.83 bits per heavy atom. The van der Waals surface area contributed by atoms with Crippen LogP contribution in [-0.2, 0) is 4.79 Å². The Balaban J connectivity index is 1.49. The van der Waals surface area contributed by atoms with Crippen LogP contribution in [0.4, 0.5) is 0 Å². The van der Waals surface area contributed by atoms with E-state index in [2.05, 4.69) is 19.9 Å². The van der Waals surface area contributed by atoms with Gasteiger partial charge < -0.3 is 5.11 Å². The second kappa shape index (κ2) is 7.22. The third-order valence-corrected chi connectivity index (χ3v) is 9.86. The van der Waals surface area contributed by atoms with E-state index >= 15 is 0 Å². The smallest absolute Gasteiger partial charge is 0.165 e. The lowest BCUT2D eigenvalue weighted by molar-refractivity contribution is -0.130. The van der Waals surface area contributed by atoms with Crippen molar-refractivity contribution >= 4 is 35.1 Å². The Kier molecular flexibility index (Phi) is 5.00. The molecule has 4 heteroatoms. The van der Waals surface area contributed by atoms with E-state index in [0.717, 1.165) is 56.1 Å². The summed E-state index contributed by atoms with van der Waals surface area (Å²) in [5, 5.41) is 11.2. The maximum Gasteiger partial charge on any atom is 0.165 e. The highest BCUT2D eigenvalue weighted by molar-refractivity contribution is 6.43. The first-order valence-corrected chi connectivity index (χ1v) is 12.1. The van der Waals surface area contributed by atoms with Crippen LogP contribution in [0, 0.1) is 28.6 Å². The van der Waals surface area contributed by atoms with Crippen LogP contribution in [0.3, 0.4) is 0 Å². The van der Waals surface area contributed by atoms with Crippen LogP contribution in [0.5, 0.6) is 0 Å². The van der Waals surface area contributed by atoms with Gasteiger partial charge in [-0.05, 0) is 91.4 Å². The summed E-state index contributed by atoms with van der Waals surface area (Å²) in [5.74, 6) is 1.85. The molecule has 0 radical (unpaired) electrons. The Hall–Kier alpha value is -1.09. The molecule has 0 aliphatic heterocycles. The van der Waals surface area contributed by atoms with E-state index in [9.17, 15) is 9.90 Å². The number of fused-ring (bicyclic) bond motifs is 5. The summed E-state index contributed by atoms with van der Waals surface area (Å²) < 4.78 is 0. The van der Waals surface area contributed by atoms with Gasteiger partial charge in [-0.2, -0.15) is 0 Å². The predicted molar refractivity (Wildman–Crippen MR) is 123 cm³/mol. The van der Waals surface area contributed by atoms with Crippen LogP contribution < -0.4 is 0 Å². The maximum absolute atomic E-state index is 13.5. The van der Waals surface area contributed by atoms with Gasteiger partial charge in [0.05, 0.1) is 16.1 Å². The standard InChI is InChI=1S/C26H30Cl2O2/c1-25-10-8-18(29)14-17(25)6-7-19-20(25)9-11-26(2)21(19)13-16(24(26)30)12-15-4-3-5-22(27)23(15)28/h3-6,12,18-21,29H,7-11,13-14H2,1-2H3/b16-12+/t18-,19+,20-,21-,25+,26-/m1/s1. The van der Waals surface area contributed by atoms with Crippen LogP contribution in [0.15, 0.2) is 35.4 Å². The minimum absolute atomic E-state index is 0.181. The summed E-state index contributed by atoms with van der Waals surface area (Å²) in [6.07, 6.45) is 11.0. The lowest BCUT2D eigenvalue weighted by Gasteiger charge is -2.56. The van der Waals surface area contributed by atoms with Crippen LogP contribution in [0.25, 0.3) is 6.08 Å². The molecule has 0 saturated heterocycles. The third-order valence-electron chi connectivity index (χ3n) is 9.03. The van der Waals surface area contributed by atoms with Crippen molar-refractivity contribution in [2.45, 2.75) is 64.9 Å². The molecule has 3 saturated carbocycles. The van der Waals surface area contributed by atoms with E-state index < -0.39 is 0 Å². The van der Waals surface area contributed by atoms with Crippen LogP contribution in [0.1, 0.15) is 64.4 Å². The molecule has 1 N–H and O–H groups in total. The van der Waals surface area contributed by atoms with Gasteiger partial charge in [-0.15, -0.1) is 0 Å². The normalized spacial score (nSPS) is 41.8. The van der Waals surface area contributed by atoms with Crippen LogP contribution in [0.2, 0.25) is 10.0 Å². The molecule has 6 atom stereocenters. The highest BCUT2D eigenvalue weighted by atomic mass is 35.5. The lowest BCUT2D eigenvalue weighted by atomic mass is 9.48. The molecular formula is C26H30Cl2O2. The first-order valence-electron chi connectivity index (χ1n) is 11.3. The Morgan fingerprint density at radius 3 is 2.63 bits per heavy atom. The molecule has 0 unspecified atom stereocenters. The highest BCUT2D eigenvalue weighted by Crippen LogP contribution is 2.64. The van der Waals surface area contributed by atoms with Crippen molar-refractivity contribution in [2.75, 3.05) is 0 Å². The average molecular weight is 445 g/mol. The van der Waals surface area contributed by atoms with Crippen molar-refractivity contribution in [2.24, 2.45) is 28.6 Å². The zero-order valence-corrected chi connectivity index (χ0v) is 19.3. The molecule has 0 heterocycles. The minimum Gasteiger partial charge on any atom is -0.393 e. The van der Waals surface area contributed by atoms with Crippen molar-refractivity contribution in [3.05, 3.63) is 51.0 Å². The van der Waals surface area contributed by atoms with Gasteiger partial charge in [0.15, 0.2) is 5.78 Å². The van der Waals surface area contributed by atoms with Gasteiger partial charge in [-0.3, -0.25) is 4.79 Å². The first-order chi connectivity index (χ1) is 14.2. The third kappa shape index (κ3) is 2.98. The summed E-state index contributed by atoms with van der Waals surface area (Å²) >= 11 is 12.6. The minimum atomic E-state index is -0.270. The molecule has 5 rings (SSSR count). The fourth-order valence-electron chi connectivity index (χ4n) is 7.26. The molecule has 0 spiro atoms. The van der Waals surface area contributed by atoms with Crippen molar-refractivity contribution in [3.8, 4) is 0 Å². The monoisotopic (exact) mass is 444 g/mol. The highest BCUT2D eigenvalue weighted by Gasteiger charge is 2.59. The largest absolute Gasteiger partial charge is 0.393 e. The number of aliphatic hydroxyl groups is 1. The number of carbonyl (C=O) groups excluding carboxylic acids is 1. The summed E-state index contributed by atoms with van der Waals surface area (Å²) in [4.78, 5) is 13.5. The van der Waals surface area contributed by atoms with Gasteiger partial charge >= 0.3 is 0 Å². The van der Waals surface area contributed by atoms with Gasteiger partial charge in [0.25, 0.3) is 0 Å². The van der Waals surface area contributed by atoms with Crippen molar-refractivity contribution in [3.63, 3.8) is 0 Å². The number of rotatable bonds is 1. The first kappa shape index (κ1) is 20.8. The number of hydrogen-bond donors (Lipinski definition) is 1. The maximum atomic E-state index is 13.5. The van der Waals surface area contributed by atoms with E-state index in [-0.39, 0.29) is 16.9 Å². The Bertz CT molecular complexity index is 964. The second-order valence-corrected chi connectivity index (χ2v) is 11.2. The Morgan fingerprint density at radius 1 is 1.07 bits per heavy atom. The van der Waals surface area contributed by atoms with Gasteiger partial charge in [0, 0.05) is 5.41 Å². The molecule has 160 valence electrons. The molecule has 0 aromatic heterocycles. The van der Waals surface area contributed by atoms with Crippen LogP contribution >= 0.6 is 23.2 Å². The molecule has 3 fully saturated rings. The number of benzene rings is 1. The number of hydrogen-bond acceptors (Lipinski definition) is 2. The molecular weight excluding hydrogens is 415 g/mol. The molecule has 0 bridgehead atoms. The number of ketones is 1. The van der Waals surface area contributed by atoms with E-state index in [1.165, 1.54) is 5.57 Å². The predicted octanol–water partition coefficient (Wildman–Crippen LogP) is 6.88. The molecule has 1 aromatic carbocycles. The molecule has 4 aliphatic rings. The summed E-state index contributed by atoms with van der Waals surface area (Å²) in [5.41, 5.74) is 3.14. The Labute approximate surface area is 189 Å². The summed E-state index contributed by atoms with van der Waals surface area (Å²) in [7, 11) is 0. The zero-order chi connectivity index (χ0) is 21.3. The van der Waals surface area contributed by atoms with Crippen molar-refractivity contribution in [1.82, 2.24) is 0 Å². The molecule has 30 heavy (non-hydrogen) atoms. The van der Waals surface area contributed by atoms with Crippen molar-refractivity contribution < 1.29 is 9.90 Å². The van der Waals surface area contributed by atoms with Crippen LogP contribution in [-0.4, -0.2) is 17.0 Å². The van der Waals surface area contributed by atoms with Gasteiger partial charge in [0.1, 0.15) is 0 Å². The average Bonchev–Trinajstić information content (AvgIpc) is 2.97. The molecule has 4 aliphatic carbocycles. The number of carbonyl (C=O) groups is 1. The summed E-state index contributed by atoms with van der Waals surface area (Å²) in [6, 6.07) is 5.60. The second-order valence-electron chi connectivity index (χ2n) is 10.5. The molecule has 2 nitrogen and oxygen atoms in total. The molecule has 0 amide bonds. The number of allylic oxidation sites excluding steroid dienone is 2. The SMILES string of the molecule is C[C@@]12CC[C@@H]3[C@H](CC=C4C[C@H](O)CC[C@@]43C)[C@H]1C/C(=C\c1cccc(Cl)c1Cl)C2=O. The fourth-order valence-corrected chi connectivity index (χ4v) is 7.62. The van der Waals surface area contributed by atoms with Gasteiger partial charge in [-0.25, -0.2) is 0 Å². The van der Waals surface area contributed by atoms with E-state index in [1.807, 2.05) is 18.2 Å². The number of halogens is 2. The van der Waals surface area contributed by atoms with E-state index in [0.29, 0.717) is 33.6 Å². The van der Waals surface area contributed by atoms with Crippen molar-refractivity contribution in [1.29, 1.82) is 0 Å².